The van der Waals surface area contributed by atoms with Crippen molar-refractivity contribution >= 4 is 21.4 Å². The molecule has 0 atom stereocenters. The van der Waals surface area contributed by atoms with Gasteiger partial charge >= 0.3 is 0 Å². The highest BCUT2D eigenvalue weighted by atomic mass is 32.1. The van der Waals surface area contributed by atoms with E-state index in [1.54, 1.807) is 0 Å². The SMILES string of the molecule is c1ccc(Cc2cc3cnccc3s2)cc1. The number of aromatic nitrogens is 1. The average Bonchev–Trinajstić information content (AvgIpc) is 2.72. The Balaban J connectivity index is 1.95. The molecule has 2 heterocycles. The lowest BCUT2D eigenvalue weighted by Crippen LogP contribution is -1.81. The summed E-state index contributed by atoms with van der Waals surface area (Å²) < 4.78 is 1.32. The first kappa shape index (κ1) is 9.55. The van der Waals surface area contributed by atoms with Crippen molar-refractivity contribution in [2.45, 2.75) is 6.42 Å². The van der Waals surface area contributed by atoms with Gasteiger partial charge in [0.2, 0.25) is 0 Å². The highest BCUT2D eigenvalue weighted by Crippen LogP contribution is 2.26. The van der Waals surface area contributed by atoms with E-state index in [-0.39, 0.29) is 0 Å². The third kappa shape index (κ3) is 1.84. The van der Waals surface area contributed by atoms with Gasteiger partial charge in [-0.15, -0.1) is 11.3 Å². The maximum atomic E-state index is 4.14. The lowest BCUT2D eigenvalue weighted by atomic mass is 10.1. The van der Waals surface area contributed by atoms with Crippen LogP contribution < -0.4 is 0 Å². The number of pyridine rings is 1. The molecule has 2 aromatic heterocycles. The summed E-state index contributed by atoms with van der Waals surface area (Å²) in [6.07, 6.45) is 4.80. The molecule has 0 aliphatic heterocycles. The molecule has 16 heavy (non-hydrogen) atoms. The van der Waals surface area contributed by atoms with E-state index in [0.29, 0.717) is 0 Å². The topological polar surface area (TPSA) is 12.9 Å². The van der Waals surface area contributed by atoms with Crippen LogP contribution in [0.4, 0.5) is 0 Å². The molecule has 0 spiro atoms. The Morgan fingerprint density at radius 1 is 1.06 bits per heavy atom. The molecule has 0 aliphatic rings. The van der Waals surface area contributed by atoms with Crippen LogP contribution in [-0.4, -0.2) is 4.98 Å². The molecule has 0 bridgehead atoms. The number of rotatable bonds is 2. The summed E-state index contributed by atoms with van der Waals surface area (Å²) in [6, 6.07) is 14.9. The molecule has 0 unspecified atom stereocenters. The summed E-state index contributed by atoms with van der Waals surface area (Å²) in [4.78, 5) is 5.54. The summed E-state index contributed by atoms with van der Waals surface area (Å²) >= 11 is 1.85. The molecule has 3 rings (SSSR count). The van der Waals surface area contributed by atoms with Crippen molar-refractivity contribution in [2.75, 3.05) is 0 Å². The monoisotopic (exact) mass is 225 g/mol. The number of hydrogen-bond acceptors (Lipinski definition) is 2. The number of benzene rings is 1. The van der Waals surface area contributed by atoms with Gasteiger partial charge in [0, 0.05) is 33.8 Å². The maximum Gasteiger partial charge on any atom is 0.0376 e. The molecule has 2 heteroatoms. The average molecular weight is 225 g/mol. The minimum Gasteiger partial charge on any atom is -0.264 e. The van der Waals surface area contributed by atoms with E-state index in [2.05, 4.69) is 47.4 Å². The molecular formula is C14H11NS. The minimum absolute atomic E-state index is 1.01. The molecule has 0 amide bonds. The molecule has 0 radical (unpaired) electrons. The molecule has 0 saturated carbocycles. The lowest BCUT2D eigenvalue weighted by molar-refractivity contribution is 1.24. The standard InChI is InChI=1S/C14H11NS/c1-2-4-11(5-3-1)8-13-9-12-10-15-7-6-14(12)16-13/h1-7,9-10H,8H2. The fraction of sp³-hybridized carbons (Fsp3) is 0.0714. The van der Waals surface area contributed by atoms with Crippen molar-refractivity contribution in [3.05, 3.63) is 65.3 Å². The normalized spacial score (nSPS) is 10.8. The van der Waals surface area contributed by atoms with Crippen LogP contribution >= 0.6 is 11.3 Å². The lowest BCUT2D eigenvalue weighted by Gasteiger charge is -1.96. The van der Waals surface area contributed by atoms with E-state index in [1.165, 1.54) is 20.5 Å². The van der Waals surface area contributed by atoms with E-state index in [9.17, 15) is 0 Å². The Labute approximate surface area is 98.4 Å². The Bertz CT molecular complexity index is 565. The zero-order valence-corrected chi connectivity index (χ0v) is 9.58. The minimum atomic E-state index is 1.01. The van der Waals surface area contributed by atoms with E-state index in [4.69, 9.17) is 0 Å². The van der Waals surface area contributed by atoms with Crippen LogP contribution in [0, 0.1) is 0 Å². The van der Waals surface area contributed by atoms with Crippen molar-refractivity contribution < 1.29 is 0 Å². The molecule has 0 aliphatic carbocycles. The first-order valence-electron chi connectivity index (χ1n) is 5.28. The van der Waals surface area contributed by atoms with Crippen LogP contribution in [0.25, 0.3) is 10.1 Å². The zero-order chi connectivity index (χ0) is 10.8. The molecule has 1 aromatic carbocycles. The fourth-order valence-corrected chi connectivity index (χ4v) is 2.89. The Kier molecular flexibility index (Phi) is 2.43. The van der Waals surface area contributed by atoms with Crippen molar-refractivity contribution in [3.8, 4) is 0 Å². The van der Waals surface area contributed by atoms with E-state index in [0.717, 1.165) is 6.42 Å². The predicted octanol–water partition coefficient (Wildman–Crippen LogP) is 3.89. The first-order chi connectivity index (χ1) is 7.92. The number of fused-ring (bicyclic) bond motifs is 1. The fourth-order valence-electron chi connectivity index (χ4n) is 1.82. The van der Waals surface area contributed by atoms with Gasteiger partial charge in [-0.2, -0.15) is 0 Å². The smallest absolute Gasteiger partial charge is 0.0376 e. The quantitative estimate of drug-likeness (QED) is 0.645. The maximum absolute atomic E-state index is 4.14. The third-order valence-electron chi connectivity index (χ3n) is 2.59. The van der Waals surface area contributed by atoms with Gasteiger partial charge < -0.3 is 0 Å². The molecule has 0 saturated heterocycles. The van der Waals surface area contributed by atoms with E-state index in [1.807, 2.05) is 23.7 Å². The zero-order valence-electron chi connectivity index (χ0n) is 8.76. The van der Waals surface area contributed by atoms with Gasteiger partial charge in [0.25, 0.3) is 0 Å². The Hall–Kier alpha value is -1.67. The largest absolute Gasteiger partial charge is 0.264 e. The van der Waals surface area contributed by atoms with Gasteiger partial charge in [-0.1, -0.05) is 30.3 Å². The van der Waals surface area contributed by atoms with Crippen LogP contribution in [0.5, 0.6) is 0 Å². The van der Waals surface area contributed by atoms with Crippen LogP contribution in [0.2, 0.25) is 0 Å². The first-order valence-corrected chi connectivity index (χ1v) is 6.10. The highest BCUT2D eigenvalue weighted by Gasteiger charge is 2.02. The summed E-state index contributed by atoms with van der Waals surface area (Å²) in [6.45, 7) is 0. The molecule has 0 N–H and O–H groups in total. The summed E-state index contributed by atoms with van der Waals surface area (Å²) in [7, 11) is 0. The van der Waals surface area contributed by atoms with Gasteiger partial charge in [-0.3, -0.25) is 4.98 Å². The molecule has 0 fully saturated rings. The van der Waals surface area contributed by atoms with Gasteiger partial charge in [0.1, 0.15) is 0 Å². The second kappa shape index (κ2) is 4.06. The third-order valence-corrected chi connectivity index (χ3v) is 3.70. The molecule has 1 nitrogen and oxygen atoms in total. The summed E-state index contributed by atoms with van der Waals surface area (Å²) in [5.41, 5.74) is 1.36. The number of hydrogen-bond donors (Lipinski definition) is 0. The molecular weight excluding hydrogens is 214 g/mol. The van der Waals surface area contributed by atoms with Crippen LogP contribution in [-0.2, 0) is 6.42 Å². The van der Waals surface area contributed by atoms with Crippen molar-refractivity contribution in [1.82, 2.24) is 4.98 Å². The van der Waals surface area contributed by atoms with Gasteiger partial charge in [-0.25, -0.2) is 0 Å². The highest BCUT2D eigenvalue weighted by molar-refractivity contribution is 7.19. The summed E-state index contributed by atoms with van der Waals surface area (Å²) in [5.74, 6) is 0. The molecule has 3 aromatic rings. The van der Waals surface area contributed by atoms with Gasteiger partial charge in [-0.05, 0) is 17.7 Å². The van der Waals surface area contributed by atoms with Crippen molar-refractivity contribution in [1.29, 1.82) is 0 Å². The molecule has 78 valence electrons. The van der Waals surface area contributed by atoms with Gasteiger partial charge in [0.05, 0.1) is 0 Å². The summed E-state index contributed by atoms with van der Waals surface area (Å²) in [5, 5.41) is 1.25. The van der Waals surface area contributed by atoms with Crippen molar-refractivity contribution in [3.63, 3.8) is 0 Å². The second-order valence-corrected chi connectivity index (χ2v) is 4.96. The van der Waals surface area contributed by atoms with Crippen LogP contribution in [0.1, 0.15) is 10.4 Å². The van der Waals surface area contributed by atoms with E-state index < -0.39 is 0 Å². The second-order valence-electron chi connectivity index (χ2n) is 3.79. The van der Waals surface area contributed by atoms with Crippen LogP contribution in [0.3, 0.4) is 0 Å². The Morgan fingerprint density at radius 3 is 2.75 bits per heavy atom. The van der Waals surface area contributed by atoms with Crippen molar-refractivity contribution in [2.24, 2.45) is 0 Å². The predicted molar refractivity (Wildman–Crippen MR) is 68.9 cm³/mol. The van der Waals surface area contributed by atoms with Crippen LogP contribution in [0.15, 0.2) is 54.9 Å². The number of nitrogens with zero attached hydrogens (tertiary/aromatic N) is 1. The number of thiophene rings is 1. The Morgan fingerprint density at radius 2 is 1.94 bits per heavy atom. The van der Waals surface area contributed by atoms with Gasteiger partial charge in [0.15, 0.2) is 0 Å². The van der Waals surface area contributed by atoms with E-state index >= 15 is 0 Å².